The third-order valence-corrected chi connectivity index (χ3v) is 6.57. The summed E-state index contributed by atoms with van der Waals surface area (Å²) in [6.07, 6.45) is 0. The molecule has 1 aromatic heterocycles. The number of aliphatic hydroxyl groups is 1. The maximum absolute atomic E-state index is 13.9. The number of amides is 2. The van der Waals surface area contributed by atoms with E-state index < -0.39 is 5.82 Å². The van der Waals surface area contributed by atoms with Gasteiger partial charge in [0.25, 0.3) is 0 Å². The first-order valence-corrected chi connectivity index (χ1v) is 10.3. The maximum atomic E-state index is 13.9. The molecular formula is C23H25FN4O3. The Kier molecular flexibility index (Phi) is 4.64. The van der Waals surface area contributed by atoms with Gasteiger partial charge in [0.1, 0.15) is 11.6 Å². The monoisotopic (exact) mass is 424 g/mol. The van der Waals surface area contributed by atoms with Crippen molar-refractivity contribution in [3.8, 4) is 5.75 Å². The van der Waals surface area contributed by atoms with Crippen LogP contribution in [0.1, 0.15) is 17.3 Å². The second kappa shape index (κ2) is 7.25. The first kappa shape index (κ1) is 19.8. The molecule has 2 aromatic carbocycles. The number of hydrogen-bond acceptors (Lipinski definition) is 4. The average molecular weight is 424 g/mol. The number of aryl methyl sites for hydroxylation is 1. The molecule has 2 aliphatic rings. The van der Waals surface area contributed by atoms with Gasteiger partial charge in [-0.05, 0) is 29.8 Å². The summed E-state index contributed by atoms with van der Waals surface area (Å²) in [5.41, 5.74) is 3.14. The number of methoxy groups -OCH3 is 1. The van der Waals surface area contributed by atoms with Gasteiger partial charge < -0.3 is 29.9 Å². The Morgan fingerprint density at radius 3 is 2.81 bits per heavy atom. The fraction of sp³-hybridized carbons (Fsp3) is 0.348. The number of nitrogens with zero attached hydrogens (tertiary/aromatic N) is 2. The van der Waals surface area contributed by atoms with Crippen LogP contribution in [0.5, 0.6) is 5.75 Å². The molecule has 2 aliphatic heterocycles. The Bertz CT molecular complexity index is 1170. The minimum atomic E-state index is -0.457. The molecule has 3 N–H and O–H groups in total. The Balaban J connectivity index is 1.48. The second-order valence-corrected chi connectivity index (χ2v) is 8.36. The third kappa shape index (κ3) is 2.97. The smallest absolute Gasteiger partial charge is 0.321 e. The van der Waals surface area contributed by atoms with Crippen molar-refractivity contribution < 1.29 is 19.0 Å². The van der Waals surface area contributed by atoms with E-state index in [-0.39, 0.29) is 29.8 Å². The number of fused-ring (bicyclic) bond motifs is 4. The third-order valence-electron chi connectivity index (χ3n) is 6.57. The first-order chi connectivity index (χ1) is 15.0. The fourth-order valence-electron chi connectivity index (χ4n) is 5.04. The highest BCUT2D eigenvalue weighted by Gasteiger charge is 2.52. The summed E-state index contributed by atoms with van der Waals surface area (Å²) < 4.78 is 21.4. The highest BCUT2D eigenvalue weighted by atomic mass is 19.1. The second-order valence-electron chi connectivity index (χ2n) is 8.36. The minimum Gasteiger partial charge on any atom is -0.497 e. The molecule has 1 spiro atoms. The van der Waals surface area contributed by atoms with Gasteiger partial charge in [0, 0.05) is 49.2 Å². The van der Waals surface area contributed by atoms with Crippen LogP contribution in [-0.4, -0.2) is 54.0 Å². The van der Waals surface area contributed by atoms with Crippen LogP contribution in [0.2, 0.25) is 0 Å². The van der Waals surface area contributed by atoms with E-state index in [0.29, 0.717) is 19.6 Å². The van der Waals surface area contributed by atoms with Gasteiger partial charge in [-0.2, -0.15) is 0 Å². The van der Waals surface area contributed by atoms with E-state index in [0.717, 1.165) is 22.3 Å². The molecule has 0 aliphatic carbocycles. The number of carbonyl (C=O) groups is 1. The van der Waals surface area contributed by atoms with E-state index in [4.69, 9.17) is 4.74 Å². The van der Waals surface area contributed by atoms with Crippen molar-refractivity contribution in [2.75, 3.05) is 38.7 Å². The molecule has 3 aromatic rings. The van der Waals surface area contributed by atoms with E-state index >= 15 is 0 Å². The largest absolute Gasteiger partial charge is 0.497 e. The van der Waals surface area contributed by atoms with Crippen molar-refractivity contribution in [3.63, 3.8) is 0 Å². The lowest BCUT2D eigenvalue weighted by Gasteiger charge is -2.53. The van der Waals surface area contributed by atoms with Gasteiger partial charge in [0.15, 0.2) is 0 Å². The number of halogens is 1. The lowest BCUT2D eigenvalue weighted by atomic mass is 9.69. The van der Waals surface area contributed by atoms with Crippen molar-refractivity contribution >= 4 is 22.6 Å². The van der Waals surface area contributed by atoms with Gasteiger partial charge >= 0.3 is 6.03 Å². The van der Waals surface area contributed by atoms with E-state index in [2.05, 4.69) is 21.3 Å². The predicted molar refractivity (Wildman–Crippen MR) is 116 cm³/mol. The molecule has 1 saturated heterocycles. The predicted octanol–water partition coefficient (Wildman–Crippen LogP) is 2.75. The maximum Gasteiger partial charge on any atom is 0.321 e. The molecule has 3 heterocycles. The number of likely N-dealkylation sites (tertiary alicyclic amines) is 1. The topological polar surface area (TPSA) is 78.8 Å². The number of aliphatic hydroxyl groups excluding tert-OH is 1. The molecular weight excluding hydrogens is 399 g/mol. The van der Waals surface area contributed by atoms with Crippen molar-refractivity contribution in [3.05, 3.63) is 59.5 Å². The summed E-state index contributed by atoms with van der Waals surface area (Å²) in [7, 11) is 3.63. The van der Waals surface area contributed by atoms with Crippen LogP contribution in [0.4, 0.5) is 14.9 Å². The molecule has 8 heteroatoms. The Hall–Kier alpha value is -3.10. The number of benzene rings is 2. The van der Waals surface area contributed by atoms with Crippen LogP contribution in [0.25, 0.3) is 10.9 Å². The van der Waals surface area contributed by atoms with Gasteiger partial charge in [0.05, 0.1) is 31.0 Å². The molecule has 0 bridgehead atoms. The lowest BCUT2D eigenvalue weighted by Crippen LogP contribution is -2.67. The summed E-state index contributed by atoms with van der Waals surface area (Å²) in [5.74, 6) is 0.314. The van der Waals surface area contributed by atoms with E-state index in [1.54, 1.807) is 30.2 Å². The highest BCUT2D eigenvalue weighted by molar-refractivity contribution is 5.92. The van der Waals surface area contributed by atoms with Gasteiger partial charge in [-0.3, -0.25) is 0 Å². The standard InChI is InChI=1S/C23H25FN4O3/c1-27-19-9-14(31-2)7-8-15(19)20-21(27)18(10-29)25-11-23(20)12-28(13-23)22(30)26-17-6-4-3-5-16(17)24/h3-9,18,25,29H,10-13H2,1-2H3,(H,26,30)/t18-/m0/s1. The number of ether oxygens (including phenoxy) is 1. The zero-order valence-corrected chi connectivity index (χ0v) is 17.5. The van der Waals surface area contributed by atoms with Crippen LogP contribution >= 0.6 is 0 Å². The van der Waals surface area contributed by atoms with E-state index in [1.165, 1.54) is 11.6 Å². The van der Waals surface area contributed by atoms with Crippen LogP contribution in [-0.2, 0) is 12.5 Å². The number of anilines is 1. The fourth-order valence-corrected chi connectivity index (χ4v) is 5.04. The summed E-state index contributed by atoms with van der Waals surface area (Å²) in [5, 5.41) is 17.2. The number of hydrogen-bond donors (Lipinski definition) is 3. The molecule has 0 saturated carbocycles. The summed E-state index contributed by atoms with van der Waals surface area (Å²) >= 11 is 0. The van der Waals surface area contributed by atoms with Crippen LogP contribution < -0.4 is 15.4 Å². The van der Waals surface area contributed by atoms with Crippen molar-refractivity contribution in [1.82, 2.24) is 14.8 Å². The number of carbonyl (C=O) groups excluding carboxylic acids is 1. The average Bonchev–Trinajstić information content (AvgIpc) is 3.06. The molecule has 0 unspecified atom stereocenters. The van der Waals surface area contributed by atoms with Gasteiger partial charge in [0.2, 0.25) is 0 Å². The summed E-state index contributed by atoms with van der Waals surface area (Å²) in [6.45, 7) is 1.66. The zero-order chi connectivity index (χ0) is 21.8. The molecule has 7 nitrogen and oxygen atoms in total. The van der Waals surface area contributed by atoms with Gasteiger partial charge in [-0.25, -0.2) is 9.18 Å². The summed E-state index contributed by atoms with van der Waals surface area (Å²) in [6, 6.07) is 11.6. The molecule has 2 amide bonds. The van der Waals surface area contributed by atoms with Crippen LogP contribution in [0.15, 0.2) is 42.5 Å². The van der Waals surface area contributed by atoms with Gasteiger partial charge in [-0.15, -0.1) is 0 Å². The minimum absolute atomic E-state index is 0.0120. The lowest BCUT2D eigenvalue weighted by molar-refractivity contribution is 0.0834. The SMILES string of the molecule is COc1ccc2c3c(n(C)c2c1)[C@H](CO)NCC31CN(C(=O)Nc2ccccc2F)C1. The Morgan fingerprint density at radius 1 is 1.32 bits per heavy atom. The number of aromatic nitrogens is 1. The zero-order valence-electron chi connectivity index (χ0n) is 17.5. The summed E-state index contributed by atoms with van der Waals surface area (Å²) in [4.78, 5) is 14.4. The molecule has 31 heavy (non-hydrogen) atoms. The van der Waals surface area contributed by atoms with E-state index in [1.807, 2.05) is 19.2 Å². The van der Waals surface area contributed by atoms with Crippen LogP contribution in [0.3, 0.4) is 0 Å². The molecule has 0 radical (unpaired) electrons. The Labute approximate surface area is 179 Å². The normalized spacial score (nSPS) is 19.2. The number of nitrogens with one attached hydrogen (secondary N) is 2. The molecule has 1 atom stereocenters. The van der Waals surface area contributed by atoms with Crippen molar-refractivity contribution in [2.45, 2.75) is 11.5 Å². The van der Waals surface area contributed by atoms with Crippen molar-refractivity contribution in [2.24, 2.45) is 7.05 Å². The van der Waals surface area contributed by atoms with Crippen molar-refractivity contribution in [1.29, 1.82) is 0 Å². The number of rotatable bonds is 3. The highest BCUT2D eigenvalue weighted by Crippen LogP contribution is 2.46. The quantitative estimate of drug-likeness (QED) is 0.604. The van der Waals surface area contributed by atoms with E-state index in [9.17, 15) is 14.3 Å². The van der Waals surface area contributed by atoms with Crippen LogP contribution in [0, 0.1) is 5.82 Å². The number of para-hydroxylation sites is 1. The molecule has 1 fully saturated rings. The number of urea groups is 1. The van der Waals surface area contributed by atoms with Gasteiger partial charge in [-0.1, -0.05) is 12.1 Å². The Morgan fingerprint density at radius 2 is 2.10 bits per heavy atom. The molecule has 5 rings (SSSR count). The first-order valence-electron chi connectivity index (χ1n) is 10.3. The molecule has 162 valence electrons.